The molecule has 0 saturated heterocycles. The van der Waals surface area contributed by atoms with Gasteiger partial charge in [-0.25, -0.2) is 0 Å². The van der Waals surface area contributed by atoms with Gasteiger partial charge in [0.25, 0.3) is 0 Å². The van der Waals surface area contributed by atoms with Gasteiger partial charge in [-0.1, -0.05) is 224 Å². The SMILES string of the molecule is CC(C)(C)C.CC(C)(C)C(C)(C)C.CN(C)c1ccccc1.C[Si](C)(C)C.C[Si](C)(C)C.C[Si](C)(c1ccccc1)c1ccccc1.[CH3][Ge]([CH3])([CH3])[c]1ccccc1. The second-order valence-corrected chi connectivity index (χ2v) is 50.8. The maximum atomic E-state index is 2.41. The molecular formula is C52H95GeNSi3. The molecule has 0 aliphatic carbocycles. The summed E-state index contributed by atoms with van der Waals surface area (Å²) in [4.78, 5) is 2.08. The van der Waals surface area contributed by atoms with E-state index < -0.39 is 37.5 Å². The first-order chi connectivity index (χ1) is 25.4. The molecule has 0 unspecified atom stereocenters. The van der Waals surface area contributed by atoms with Crippen LogP contribution in [-0.2, 0) is 0 Å². The number of rotatable bonds is 4. The third kappa shape index (κ3) is 39.1. The van der Waals surface area contributed by atoms with Crippen molar-refractivity contribution < 1.29 is 0 Å². The van der Waals surface area contributed by atoms with Gasteiger partial charge in [0.2, 0.25) is 0 Å². The molecule has 57 heavy (non-hydrogen) atoms. The number of anilines is 1. The van der Waals surface area contributed by atoms with Crippen LogP contribution < -0.4 is 19.7 Å². The van der Waals surface area contributed by atoms with Crippen LogP contribution >= 0.6 is 0 Å². The predicted molar refractivity (Wildman–Crippen MR) is 282 cm³/mol. The van der Waals surface area contributed by atoms with E-state index in [4.69, 9.17) is 0 Å². The van der Waals surface area contributed by atoms with E-state index in [1.807, 2.05) is 32.3 Å². The van der Waals surface area contributed by atoms with E-state index in [1.54, 1.807) is 4.40 Å². The van der Waals surface area contributed by atoms with Crippen LogP contribution in [0.1, 0.15) is 69.2 Å². The minimum absolute atomic E-state index is 0.437. The van der Waals surface area contributed by atoms with Crippen molar-refractivity contribution in [2.75, 3.05) is 19.0 Å². The molecule has 0 amide bonds. The van der Waals surface area contributed by atoms with Crippen LogP contribution in [0.5, 0.6) is 0 Å². The van der Waals surface area contributed by atoms with Gasteiger partial charge in [-0.2, -0.15) is 0 Å². The van der Waals surface area contributed by atoms with Gasteiger partial charge in [0.15, 0.2) is 0 Å². The van der Waals surface area contributed by atoms with Crippen LogP contribution in [-0.4, -0.2) is 51.6 Å². The number of para-hydroxylation sites is 1. The van der Waals surface area contributed by atoms with E-state index >= 15 is 0 Å². The molecule has 1 nitrogen and oxygen atoms in total. The molecule has 4 aromatic carbocycles. The van der Waals surface area contributed by atoms with Crippen molar-refractivity contribution in [3.63, 3.8) is 0 Å². The topological polar surface area (TPSA) is 3.24 Å². The summed E-state index contributed by atoms with van der Waals surface area (Å²) in [6, 6.07) is 42.8. The molecule has 0 fully saturated rings. The standard InChI is InChI=1S/C14H16Si.C9H14Ge.C8H11N.C8H18.C5H12.2C4H12Si/c1-15(2,13-9-5-3-6-10-13)14-11-7-4-8-12-14;1-10(2,3)9-7-5-4-6-8-9;1-9(2)8-6-4-3-5-7-8;1-7(2,3)8(4,5)6;3*1-5(2,3)4/h3-12H,1-2H3;4-8H,1-3H3;3-7H,1-2H3;1-6H3;3*1-4H3. The molecule has 0 atom stereocenters. The molecule has 0 spiro atoms. The first-order valence-electron chi connectivity index (χ1n) is 21.3. The van der Waals surface area contributed by atoms with Gasteiger partial charge >= 0.3 is 65.3 Å². The fraction of sp³-hybridized carbons (Fsp3) is 0.538. The van der Waals surface area contributed by atoms with E-state index in [1.165, 1.54) is 16.1 Å². The second kappa shape index (κ2) is 26.9. The Morgan fingerprint density at radius 2 is 0.596 bits per heavy atom. The summed E-state index contributed by atoms with van der Waals surface area (Å²) in [5.41, 5.74) is 2.62. The molecule has 324 valence electrons. The number of hydrogen-bond donors (Lipinski definition) is 0. The van der Waals surface area contributed by atoms with Crippen LogP contribution in [0.15, 0.2) is 121 Å². The van der Waals surface area contributed by atoms with E-state index in [0.717, 1.165) is 0 Å². The van der Waals surface area contributed by atoms with Crippen molar-refractivity contribution >= 4 is 57.9 Å². The van der Waals surface area contributed by atoms with Crippen LogP contribution in [0, 0.1) is 16.2 Å². The molecule has 0 saturated carbocycles. The molecule has 0 aliphatic heterocycles. The Hall–Kier alpha value is -2.13. The van der Waals surface area contributed by atoms with Crippen LogP contribution in [0.3, 0.4) is 0 Å². The Morgan fingerprint density at radius 1 is 0.386 bits per heavy atom. The summed E-state index contributed by atoms with van der Waals surface area (Å²) in [5, 5.41) is 2.99. The zero-order valence-corrected chi connectivity index (χ0v) is 47.6. The van der Waals surface area contributed by atoms with E-state index in [-0.39, 0.29) is 0 Å². The molecule has 0 aliphatic rings. The normalized spacial score (nSPS) is 11.6. The van der Waals surface area contributed by atoms with Gasteiger partial charge in [0, 0.05) is 35.9 Å². The minimum atomic E-state index is -1.50. The number of benzene rings is 4. The summed E-state index contributed by atoms with van der Waals surface area (Å²) in [7, 11) is 1.40. The summed E-state index contributed by atoms with van der Waals surface area (Å²) in [6.07, 6.45) is 0. The number of hydrogen-bond acceptors (Lipinski definition) is 1. The summed E-state index contributed by atoms with van der Waals surface area (Å²) >= 11 is -1.50. The first kappa shape index (κ1) is 59.2. The zero-order valence-electron chi connectivity index (χ0n) is 42.5. The van der Waals surface area contributed by atoms with Crippen LogP contribution in [0.4, 0.5) is 5.69 Å². The van der Waals surface area contributed by atoms with Crippen molar-refractivity contribution in [1.82, 2.24) is 0 Å². The quantitative estimate of drug-likeness (QED) is 0.185. The Morgan fingerprint density at radius 3 is 0.754 bits per heavy atom. The van der Waals surface area contributed by atoms with Crippen molar-refractivity contribution in [2.45, 2.75) is 152 Å². The monoisotopic (exact) mass is 892 g/mol. The maximum absolute atomic E-state index is 2.41. The Labute approximate surface area is 364 Å². The average Bonchev–Trinajstić information content (AvgIpc) is 3.04. The fourth-order valence-electron chi connectivity index (χ4n) is 3.54. The van der Waals surface area contributed by atoms with Gasteiger partial charge in [-0.05, 0) is 28.4 Å². The van der Waals surface area contributed by atoms with Crippen molar-refractivity contribution in [2.24, 2.45) is 16.2 Å². The molecule has 0 heterocycles. The van der Waals surface area contributed by atoms with Crippen molar-refractivity contribution in [3.05, 3.63) is 121 Å². The molecule has 0 radical (unpaired) electrons. The molecule has 4 rings (SSSR count). The molecule has 4 aromatic rings. The van der Waals surface area contributed by atoms with E-state index in [9.17, 15) is 0 Å². The van der Waals surface area contributed by atoms with Crippen molar-refractivity contribution in [3.8, 4) is 0 Å². The zero-order chi connectivity index (χ0) is 45.5. The van der Waals surface area contributed by atoms with E-state index in [2.05, 4.69) is 260 Å². The molecule has 0 bridgehead atoms. The third-order valence-electron chi connectivity index (χ3n) is 8.15. The fourth-order valence-corrected chi connectivity index (χ4v) is 8.43. The number of nitrogens with zero attached hydrogens (tertiary/aromatic N) is 1. The Kier molecular flexibility index (Phi) is 27.9. The summed E-state index contributed by atoms with van der Waals surface area (Å²) < 4.78 is 1.59. The predicted octanol–water partition coefficient (Wildman–Crippen LogP) is 15.5. The van der Waals surface area contributed by atoms with Crippen molar-refractivity contribution in [1.29, 1.82) is 0 Å². The molecule has 0 N–H and O–H groups in total. The molecule has 5 heteroatoms. The Balaban J connectivity index is -0.000000624. The first-order valence-corrected chi connectivity index (χ1v) is 39.6. The van der Waals surface area contributed by atoms with Crippen LogP contribution in [0.2, 0.25) is 82.7 Å². The molecular weight excluding hydrogens is 795 g/mol. The van der Waals surface area contributed by atoms with Crippen LogP contribution in [0.25, 0.3) is 0 Å². The third-order valence-corrected chi connectivity index (χ3v) is 16.0. The second-order valence-electron chi connectivity index (χ2n) is 23.7. The Bertz CT molecular complexity index is 1410. The van der Waals surface area contributed by atoms with Gasteiger partial charge in [0.05, 0.1) is 0 Å². The average molecular weight is 891 g/mol. The van der Waals surface area contributed by atoms with Gasteiger partial charge in [-0.15, -0.1) is 0 Å². The van der Waals surface area contributed by atoms with Gasteiger partial charge in [-0.3, -0.25) is 0 Å². The van der Waals surface area contributed by atoms with E-state index in [0.29, 0.717) is 16.2 Å². The van der Waals surface area contributed by atoms with Gasteiger partial charge in [0.1, 0.15) is 8.07 Å². The van der Waals surface area contributed by atoms with Gasteiger partial charge < -0.3 is 4.90 Å². The summed E-state index contributed by atoms with van der Waals surface area (Å²) in [6.45, 7) is 45.8. The summed E-state index contributed by atoms with van der Waals surface area (Å²) in [5.74, 6) is 7.24. The molecule has 0 aromatic heterocycles.